The third-order valence-corrected chi connectivity index (χ3v) is 2.70. The first-order chi connectivity index (χ1) is 13.7. The van der Waals surface area contributed by atoms with Gasteiger partial charge in [-0.25, -0.2) is 9.59 Å². The Bertz CT molecular complexity index is 636. The summed E-state index contributed by atoms with van der Waals surface area (Å²) in [6, 6.07) is 0. The minimum atomic E-state index is -0.342. The predicted octanol–water partition coefficient (Wildman–Crippen LogP) is 5.12. The number of esters is 2. The van der Waals surface area contributed by atoms with Gasteiger partial charge in [-0.1, -0.05) is 97.2 Å². The molecule has 0 spiro atoms. The molecule has 0 N–H and O–H groups in total. The van der Waals surface area contributed by atoms with Gasteiger partial charge in [-0.05, 0) is 13.8 Å². The Morgan fingerprint density at radius 1 is 0.464 bits per heavy atom. The monoisotopic (exact) mass is 380 g/mol. The van der Waals surface area contributed by atoms with Crippen LogP contribution in [-0.4, -0.2) is 25.2 Å². The molecule has 148 valence electrons. The summed E-state index contributed by atoms with van der Waals surface area (Å²) >= 11 is 0. The van der Waals surface area contributed by atoms with Gasteiger partial charge in [0.2, 0.25) is 0 Å². The Balaban J connectivity index is 3.98. The molecule has 28 heavy (non-hydrogen) atoms. The van der Waals surface area contributed by atoms with E-state index >= 15 is 0 Å². The molecular weight excluding hydrogens is 352 g/mol. The molecule has 0 saturated carbocycles. The van der Waals surface area contributed by atoms with E-state index in [0.29, 0.717) is 13.2 Å². The van der Waals surface area contributed by atoms with Crippen molar-refractivity contribution >= 4 is 11.9 Å². The fourth-order valence-corrected chi connectivity index (χ4v) is 1.55. The molecule has 0 amide bonds. The number of carbonyl (C=O) groups excluding carboxylic acids is 2. The first-order valence-corrected chi connectivity index (χ1v) is 9.05. The highest BCUT2D eigenvalue weighted by atomic mass is 16.5. The van der Waals surface area contributed by atoms with E-state index in [1.807, 2.05) is 72.9 Å². The van der Waals surface area contributed by atoms with E-state index in [0.717, 1.165) is 0 Å². The van der Waals surface area contributed by atoms with Gasteiger partial charge in [-0.3, -0.25) is 0 Å². The lowest BCUT2D eigenvalue weighted by Gasteiger charge is -1.92. The van der Waals surface area contributed by atoms with E-state index in [-0.39, 0.29) is 11.9 Å². The van der Waals surface area contributed by atoms with Gasteiger partial charge in [0.1, 0.15) is 0 Å². The topological polar surface area (TPSA) is 52.6 Å². The van der Waals surface area contributed by atoms with Crippen molar-refractivity contribution in [2.75, 3.05) is 13.2 Å². The Kier molecular flexibility index (Phi) is 17.5. The highest BCUT2D eigenvalue weighted by Crippen LogP contribution is 1.88. The lowest BCUT2D eigenvalue weighted by molar-refractivity contribution is -0.138. The molecule has 4 heteroatoms. The summed E-state index contributed by atoms with van der Waals surface area (Å²) in [5.74, 6) is -0.683. The summed E-state index contributed by atoms with van der Waals surface area (Å²) in [4.78, 5) is 22.1. The van der Waals surface area contributed by atoms with Gasteiger partial charge in [0.05, 0.1) is 13.2 Å². The van der Waals surface area contributed by atoms with Crippen molar-refractivity contribution in [1.29, 1.82) is 0 Å². The molecule has 0 radical (unpaired) electrons. The number of hydrogen-bond acceptors (Lipinski definition) is 4. The molecule has 0 aromatic rings. The van der Waals surface area contributed by atoms with Gasteiger partial charge < -0.3 is 9.47 Å². The van der Waals surface area contributed by atoms with Gasteiger partial charge in [0.15, 0.2) is 0 Å². The molecule has 4 nitrogen and oxygen atoms in total. The quantitative estimate of drug-likeness (QED) is 0.268. The fourth-order valence-electron chi connectivity index (χ4n) is 1.55. The van der Waals surface area contributed by atoms with Crippen molar-refractivity contribution in [3.05, 3.63) is 109 Å². The minimum absolute atomic E-state index is 0.342. The van der Waals surface area contributed by atoms with Crippen molar-refractivity contribution in [2.24, 2.45) is 0 Å². The highest BCUT2D eigenvalue weighted by Gasteiger charge is 1.90. The van der Waals surface area contributed by atoms with Crippen LogP contribution in [0, 0.1) is 0 Å². The van der Waals surface area contributed by atoms with Crippen LogP contribution in [0.4, 0.5) is 0 Å². The first kappa shape index (κ1) is 24.6. The van der Waals surface area contributed by atoms with Crippen LogP contribution in [0.15, 0.2) is 109 Å². The zero-order chi connectivity index (χ0) is 20.7. The number of allylic oxidation sites excluding steroid dienone is 16. The number of carbonyl (C=O) groups is 2. The van der Waals surface area contributed by atoms with Gasteiger partial charge in [0, 0.05) is 12.2 Å². The predicted molar refractivity (Wildman–Crippen MR) is 116 cm³/mol. The number of hydrogen-bond donors (Lipinski definition) is 0. The van der Waals surface area contributed by atoms with Gasteiger partial charge in [0.25, 0.3) is 0 Å². The van der Waals surface area contributed by atoms with Crippen molar-refractivity contribution < 1.29 is 19.1 Å². The molecule has 0 saturated heterocycles. The zero-order valence-corrected chi connectivity index (χ0v) is 16.4. The van der Waals surface area contributed by atoms with Crippen LogP contribution in [0.25, 0.3) is 0 Å². The van der Waals surface area contributed by atoms with Crippen molar-refractivity contribution in [1.82, 2.24) is 0 Å². The molecule has 0 aromatic heterocycles. The summed E-state index contributed by atoms with van der Waals surface area (Å²) in [5, 5.41) is 0. The van der Waals surface area contributed by atoms with E-state index in [2.05, 4.69) is 0 Å². The van der Waals surface area contributed by atoms with E-state index < -0.39 is 0 Å². The maximum atomic E-state index is 11.0. The maximum absolute atomic E-state index is 11.0. The SMILES string of the molecule is CCOC(=O)C=CC=CC=CC=CC=CC=CC=CC=CC=CC(=O)OCC. The zero-order valence-electron chi connectivity index (χ0n) is 16.4. The van der Waals surface area contributed by atoms with E-state index in [1.165, 1.54) is 12.2 Å². The Hall–Kier alpha value is -3.40. The molecule has 0 unspecified atom stereocenters. The van der Waals surface area contributed by atoms with E-state index in [1.54, 1.807) is 38.2 Å². The van der Waals surface area contributed by atoms with Crippen LogP contribution in [0.3, 0.4) is 0 Å². The van der Waals surface area contributed by atoms with Crippen LogP contribution >= 0.6 is 0 Å². The molecule has 0 aliphatic rings. The molecule has 0 aliphatic carbocycles. The normalized spacial score (nSPS) is 13.4. The molecular formula is C24H28O4. The van der Waals surface area contributed by atoms with Crippen LogP contribution < -0.4 is 0 Å². The van der Waals surface area contributed by atoms with Crippen LogP contribution in [-0.2, 0) is 19.1 Å². The third kappa shape index (κ3) is 18.9. The van der Waals surface area contributed by atoms with Crippen LogP contribution in [0.1, 0.15) is 13.8 Å². The highest BCUT2D eigenvalue weighted by molar-refractivity contribution is 5.82. The molecule has 0 fully saturated rings. The molecule has 0 bridgehead atoms. The molecule has 0 atom stereocenters. The molecule has 0 aromatic carbocycles. The summed E-state index contributed by atoms with van der Waals surface area (Å²) in [6.07, 6.45) is 32.1. The standard InChI is InChI=1S/C24H28O4/c1-3-27-23(25)21-19-17-15-13-11-9-7-5-6-8-10-12-14-16-18-20-22-24(26)28-4-2/h5-22H,3-4H2,1-2H3. The van der Waals surface area contributed by atoms with Gasteiger partial charge >= 0.3 is 11.9 Å². The largest absolute Gasteiger partial charge is 0.463 e. The summed E-state index contributed by atoms with van der Waals surface area (Å²) < 4.78 is 9.52. The lowest BCUT2D eigenvalue weighted by Crippen LogP contribution is -1.98. The third-order valence-electron chi connectivity index (χ3n) is 2.70. The van der Waals surface area contributed by atoms with Crippen LogP contribution in [0.5, 0.6) is 0 Å². The van der Waals surface area contributed by atoms with Crippen molar-refractivity contribution in [3.63, 3.8) is 0 Å². The van der Waals surface area contributed by atoms with E-state index in [4.69, 9.17) is 9.47 Å². The fraction of sp³-hybridized carbons (Fsp3) is 0.167. The number of rotatable bonds is 12. The second-order valence-electron chi connectivity index (χ2n) is 4.92. The average Bonchev–Trinajstić information content (AvgIpc) is 2.67. The molecule has 0 heterocycles. The molecule has 0 rings (SSSR count). The van der Waals surface area contributed by atoms with E-state index in [9.17, 15) is 9.59 Å². The second kappa shape index (κ2) is 19.9. The van der Waals surface area contributed by atoms with Crippen molar-refractivity contribution in [2.45, 2.75) is 13.8 Å². The summed E-state index contributed by atoms with van der Waals surface area (Å²) in [7, 11) is 0. The lowest BCUT2D eigenvalue weighted by atomic mass is 10.3. The Labute approximate surface area is 167 Å². The number of ether oxygens (including phenoxy) is 2. The minimum Gasteiger partial charge on any atom is -0.463 e. The second-order valence-corrected chi connectivity index (χ2v) is 4.92. The van der Waals surface area contributed by atoms with Crippen molar-refractivity contribution in [3.8, 4) is 0 Å². The van der Waals surface area contributed by atoms with Crippen LogP contribution in [0.2, 0.25) is 0 Å². The smallest absolute Gasteiger partial charge is 0.330 e. The average molecular weight is 380 g/mol. The van der Waals surface area contributed by atoms with Gasteiger partial charge in [-0.15, -0.1) is 0 Å². The maximum Gasteiger partial charge on any atom is 0.330 e. The molecule has 0 aliphatic heterocycles. The Morgan fingerprint density at radius 2 is 0.679 bits per heavy atom. The van der Waals surface area contributed by atoms with Gasteiger partial charge in [-0.2, -0.15) is 0 Å². The summed E-state index contributed by atoms with van der Waals surface area (Å²) in [6.45, 7) is 4.30. The summed E-state index contributed by atoms with van der Waals surface area (Å²) in [5.41, 5.74) is 0. The Morgan fingerprint density at radius 3 is 0.893 bits per heavy atom. The first-order valence-electron chi connectivity index (χ1n) is 9.05.